The second-order valence-corrected chi connectivity index (χ2v) is 4.39. The van der Waals surface area contributed by atoms with Crippen molar-refractivity contribution in [2.45, 2.75) is 40.5 Å². The first kappa shape index (κ1) is 14.9. The first-order chi connectivity index (χ1) is 7.42. The molecule has 0 heterocycles. The molecule has 0 aliphatic carbocycles. The zero-order chi connectivity index (χ0) is 12.7. The Morgan fingerprint density at radius 2 is 1.81 bits per heavy atom. The van der Waals surface area contributed by atoms with Crippen molar-refractivity contribution < 1.29 is 14.7 Å². The molecule has 1 N–H and O–H groups in total. The minimum atomic E-state index is -0.852. The van der Waals surface area contributed by atoms with Crippen molar-refractivity contribution >= 4 is 11.9 Å². The monoisotopic (exact) mass is 229 g/mol. The summed E-state index contributed by atoms with van der Waals surface area (Å²) in [5, 5.41) is 8.80. The Hall–Kier alpha value is -1.06. The van der Waals surface area contributed by atoms with Gasteiger partial charge in [-0.1, -0.05) is 27.2 Å². The zero-order valence-electron chi connectivity index (χ0n) is 10.7. The van der Waals surface area contributed by atoms with Gasteiger partial charge in [0.15, 0.2) is 0 Å². The fourth-order valence-corrected chi connectivity index (χ4v) is 1.39. The molecule has 0 saturated carbocycles. The largest absolute Gasteiger partial charge is 0.481 e. The van der Waals surface area contributed by atoms with Crippen LogP contribution in [-0.2, 0) is 9.59 Å². The third-order valence-electron chi connectivity index (χ3n) is 2.87. The molecule has 0 aromatic heterocycles. The summed E-state index contributed by atoms with van der Waals surface area (Å²) in [5.41, 5.74) is 0. The van der Waals surface area contributed by atoms with E-state index in [2.05, 4.69) is 0 Å². The second-order valence-electron chi connectivity index (χ2n) is 4.39. The van der Waals surface area contributed by atoms with Crippen LogP contribution in [0, 0.1) is 11.8 Å². The summed E-state index contributed by atoms with van der Waals surface area (Å²) < 4.78 is 0. The third-order valence-corrected chi connectivity index (χ3v) is 2.87. The standard InChI is InChI=1S/C12H23NO3/c1-5-9(3)7-11(14)13(6-2)8-10(4)12(15)16/h9-10H,5-8H2,1-4H3,(H,15,16). The lowest BCUT2D eigenvalue weighted by Gasteiger charge is -2.24. The SMILES string of the molecule is CCC(C)CC(=O)N(CC)CC(C)C(=O)O. The number of rotatable bonds is 7. The summed E-state index contributed by atoms with van der Waals surface area (Å²) >= 11 is 0. The maximum absolute atomic E-state index is 11.8. The van der Waals surface area contributed by atoms with Crippen molar-refractivity contribution in [3.63, 3.8) is 0 Å². The Balaban J connectivity index is 4.27. The fourth-order valence-electron chi connectivity index (χ4n) is 1.39. The number of hydrogen-bond acceptors (Lipinski definition) is 2. The summed E-state index contributed by atoms with van der Waals surface area (Å²) in [6.45, 7) is 8.47. The molecular formula is C12H23NO3. The van der Waals surface area contributed by atoms with Crippen molar-refractivity contribution in [2.24, 2.45) is 11.8 Å². The van der Waals surface area contributed by atoms with Crippen molar-refractivity contribution in [3.8, 4) is 0 Å². The molecule has 0 aliphatic heterocycles. The molecule has 4 nitrogen and oxygen atoms in total. The van der Waals surface area contributed by atoms with Gasteiger partial charge in [0.25, 0.3) is 0 Å². The van der Waals surface area contributed by atoms with Crippen molar-refractivity contribution in [1.29, 1.82) is 0 Å². The highest BCUT2D eigenvalue weighted by molar-refractivity contribution is 5.77. The van der Waals surface area contributed by atoms with E-state index in [0.717, 1.165) is 6.42 Å². The lowest BCUT2D eigenvalue weighted by molar-refractivity contribution is -0.143. The van der Waals surface area contributed by atoms with Gasteiger partial charge in [-0.05, 0) is 12.8 Å². The molecule has 0 radical (unpaired) electrons. The zero-order valence-corrected chi connectivity index (χ0v) is 10.7. The Labute approximate surface area is 97.6 Å². The molecule has 16 heavy (non-hydrogen) atoms. The van der Waals surface area contributed by atoms with Gasteiger partial charge in [-0.15, -0.1) is 0 Å². The summed E-state index contributed by atoms with van der Waals surface area (Å²) in [6.07, 6.45) is 1.48. The van der Waals surface area contributed by atoms with E-state index in [9.17, 15) is 9.59 Å². The number of nitrogens with zero attached hydrogens (tertiary/aromatic N) is 1. The average Bonchev–Trinajstić information content (AvgIpc) is 2.24. The van der Waals surface area contributed by atoms with Gasteiger partial charge in [-0.25, -0.2) is 0 Å². The van der Waals surface area contributed by atoms with Crippen LogP contribution >= 0.6 is 0 Å². The normalized spacial score (nSPS) is 14.2. The molecule has 1 amide bonds. The number of carboxylic acid groups (broad SMARTS) is 1. The number of aliphatic carboxylic acids is 1. The number of carboxylic acids is 1. The highest BCUT2D eigenvalue weighted by Crippen LogP contribution is 2.10. The van der Waals surface area contributed by atoms with Crippen molar-refractivity contribution in [3.05, 3.63) is 0 Å². The molecule has 2 unspecified atom stereocenters. The molecular weight excluding hydrogens is 206 g/mol. The number of carbonyl (C=O) groups is 2. The molecule has 0 saturated heterocycles. The van der Waals surface area contributed by atoms with Gasteiger partial charge >= 0.3 is 5.97 Å². The van der Waals surface area contributed by atoms with E-state index in [1.165, 1.54) is 0 Å². The summed E-state index contributed by atoms with van der Waals surface area (Å²) in [5.74, 6) is -0.928. The Morgan fingerprint density at radius 1 is 1.25 bits per heavy atom. The van der Waals surface area contributed by atoms with E-state index in [0.29, 0.717) is 25.4 Å². The summed E-state index contributed by atoms with van der Waals surface area (Å²) in [4.78, 5) is 24.2. The molecule has 0 aromatic carbocycles. The van der Waals surface area contributed by atoms with Crippen LogP contribution in [0.3, 0.4) is 0 Å². The van der Waals surface area contributed by atoms with Gasteiger partial charge in [-0.2, -0.15) is 0 Å². The maximum Gasteiger partial charge on any atom is 0.308 e. The number of amides is 1. The van der Waals surface area contributed by atoms with Crippen molar-refractivity contribution in [1.82, 2.24) is 4.90 Å². The molecule has 0 aromatic rings. The van der Waals surface area contributed by atoms with Crippen LogP contribution in [0.5, 0.6) is 0 Å². The van der Waals surface area contributed by atoms with Gasteiger partial charge in [0.2, 0.25) is 5.91 Å². The topological polar surface area (TPSA) is 57.6 Å². The second kappa shape index (κ2) is 7.25. The molecule has 0 rings (SSSR count). The first-order valence-corrected chi connectivity index (χ1v) is 5.92. The van der Waals surface area contributed by atoms with E-state index >= 15 is 0 Å². The smallest absolute Gasteiger partial charge is 0.308 e. The molecule has 94 valence electrons. The summed E-state index contributed by atoms with van der Waals surface area (Å²) in [6, 6.07) is 0. The van der Waals surface area contributed by atoms with Gasteiger partial charge in [0, 0.05) is 19.5 Å². The minimum Gasteiger partial charge on any atom is -0.481 e. The highest BCUT2D eigenvalue weighted by Gasteiger charge is 2.20. The van der Waals surface area contributed by atoms with Crippen LogP contribution in [0.15, 0.2) is 0 Å². The third kappa shape index (κ3) is 5.14. The first-order valence-electron chi connectivity index (χ1n) is 5.92. The van der Waals surface area contributed by atoms with E-state index in [1.807, 2.05) is 20.8 Å². The molecule has 0 bridgehead atoms. The van der Waals surface area contributed by atoms with Crippen LogP contribution in [0.4, 0.5) is 0 Å². The van der Waals surface area contributed by atoms with E-state index < -0.39 is 11.9 Å². The predicted molar refractivity (Wildman–Crippen MR) is 63.1 cm³/mol. The molecule has 0 aliphatic rings. The van der Waals surface area contributed by atoms with Gasteiger partial charge in [0.05, 0.1) is 5.92 Å². The van der Waals surface area contributed by atoms with E-state index in [1.54, 1.807) is 11.8 Å². The Kier molecular flexibility index (Phi) is 6.77. The number of carbonyl (C=O) groups excluding carboxylic acids is 1. The van der Waals surface area contributed by atoms with E-state index in [4.69, 9.17) is 5.11 Å². The Morgan fingerprint density at radius 3 is 2.19 bits per heavy atom. The average molecular weight is 229 g/mol. The fraction of sp³-hybridized carbons (Fsp3) is 0.833. The lowest BCUT2D eigenvalue weighted by atomic mass is 10.0. The molecule has 4 heteroatoms. The lowest BCUT2D eigenvalue weighted by Crippen LogP contribution is -2.37. The molecule has 0 fully saturated rings. The maximum atomic E-state index is 11.8. The number of hydrogen-bond donors (Lipinski definition) is 1. The van der Waals surface area contributed by atoms with Gasteiger partial charge < -0.3 is 10.0 Å². The van der Waals surface area contributed by atoms with Crippen LogP contribution in [0.25, 0.3) is 0 Å². The quantitative estimate of drug-likeness (QED) is 0.726. The van der Waals surface area contributed by atoms with E-state index in [-0.39, 0.29) is 5.91 Å². The molecule has 2 atom stereocenters. The van der Waals surface area contributed by atoms with Crippen LogP contribution in [0.1, 0.15) is 40.5 Å². The van der Waals surface area contributed by atoms with Crippen LogP contribution in [0.2, 0.25) is 0 Å². The van der Waals surface area contributed by atoms with Gasteiger partial charge in [-0.3, -0.25) is 9.59 Å². The highest BCUT2D eigenvalue weighted by atomic mass is 16.4. The van der Waals surface area contributed by atoms with Crippen LogP contribution < -0.4 is 0 Å². The summed E-state index contributed by atoms with van der Waals surface area (Å²) in [7, 11) is 0. The predicted octanol–water partition coefficient (Wildman–Crippen LogP) is 1.99. The molecule has 0 spiro atoms. The van der Waals surface area contributed by atoms with Gasteiger partial charge in [0.1, 0.15) is 0 Å². The van der Waals surface area contributed by atoms with Crippen molar-refractivity contribution in [2.75, 3.05) is 13.1 Å². The Bertz CT molecular complexity index is 240. The van der Waals surface area contributed by atoms with Crippen LogP contribution in [-0.4, -0.2) is 35.0 Å². The minimum absolute atomic E-state index is 0.0601.